The fourth-order valence-corrected chi connectivity index (χ4v) is 4.13. The van der Waals surface area contributed by atoms with Crippen LogP contribution in [0.4, 0.5) is 10.1 Å². The van der Waals surface area contributed by atoms with Crippen molar-refractivity contribution >= 4 is 17.6 Å². The van der Waals surface area contributed by atoms with Gasteiger partial charge in [-0.05, 0) is 25.6 Å². The van der Waals surface area contributed by atoms with Gasteiger partial charge in [-0.3, -0.25) is 9.69 Å². The second kappa shape index (κ2) is 5.30. The molecule has 0 spiro atoms. The van der Waals surface area contributed by atoms with Gasteiger partial charge in [0.1, 0.15) is 0 Å². The summed E-state index contributed by atoms with van der Waals surface area (Å²) in [4.78, 5) is 29.1. The monoisotopic (exact) mass is 350 g/mol. The number of carboxylic acid groups (broad SMARTS) is 1. The van der Waals surface area contributed by atoms with Crippen LogP contribution in [-0.4, -0.2) is 66.1 Å². The van der Waals surface area contributed by atoms with Crippen LogP contribution in [0.15, 0.2) is 12.1 Å². The first kappa shape index (κ1) is 16.1. The summed E-state index contributed by atoms with van der Waals surface area (Å²) in [6.07, 6.45) is 0.829. The number of ether oxygens (including phenoxy) is 1. The molecular formula is C16H19FN4O4. The molecule has 3 atom stereocenters. The molecule has 134 valence electrons. The van der Waals surface area contributed by atoms with E-state index in [0.29, 0.717) is 13.1 Å². The minimum Gasteiger partial charge on any atom is -0.494 e. The minimum absolute atomic E-state index is 0.0207. The summed E-state index contributed by atoms with van der Waals surface area (Å²) in [5.74, 6) is -2.70. The van der Waals surface area contributed by atoms with Crippen LogP contribution >= 0.6 is 0 Å². The van der Waals surface area contributed by atoms with E-state index in [4.69, 9.17) is 4.74 Å². The maximum atomic E-state index is 14.5. The third-order valence-electron chi connectivity index (χ3n) is 5.52. The molecule has 4 rings (SSSR count). The number of aliphatic carboxylic acids is 1. The molecule has 8 nitrogen and oxygen atoms in total. The Morgan fingerprint density at radius 2 is 2.12 bits per heavy atom. The third kappa shape index (κ3) is 1.99. The number of carbonyl (C=O) groups excluding carboxylic acids is 1. The Kier molecular flexibility index (Phi) is 3.41. The van der Waals surface area contributed by atoms with E-state index in [1.54, 1.807) is 4.90 Å². The van der Waals surface area contributed by atoms with E-state index in [2.05, 4.69) is 15.8 Å². The Hall–Kier alpha value is -2.39. The van der Waals surface area contributed by atoms with Crippen molar-refractivity contribution < 1.29 is 23.8 Å². The number of likely N-dealkylation sites (tertiary alicyclic amines) is 2. The van der Waals surface area contributed by atoms with Gasteiger partial charge >= 0.3 is 5.97 Å². The molecule has 0 saturated carbocycles. The molecule has 3 aliphatic rings. The zero-order valence-electron chi connectivity index (χ0n) is 13.9. The number of anilines is 1. The van der Waals surface area contributed by atoms with E-state index in [-0.39, 0.29) is 29.1 Å². The number of nitrogens with one attached hydrogen (secondary N) is 2. The van der Waals surface area contributed by atoms with Gasteiger partial charge in [-0.2, -0.15) is 0 Å². The van der Waals surface area contributed by atoms with E-state index >= 15 is 0 Å². The van der Waals surface area contributed by atoms with Gasteiger partial charge in [0.05, 0.1) is 12.8 Å². The Morgan fingerprint density at radius 3 is 2.68 bits per heavy atom. The van der Waals surface area contributed by atoms with E-state index in [1.165, 1.54) is 19.2 Å². The van der Waals surface area contributed by atoms with Gasteiger partial charge in [-0.25, -0.2) is 14.6 Å². The van der Waals surface area contributed by atoms with Crippen LogP contribution in [0.2, 0.25) is 0 Å². The summed E-state index contributed by atoms with van der Waals surface area (Å²) in [6, 6.07) is 2.96. The summed E-state index contributed by atoms with van der Waals surface area (Å²) in [7, 11) is 3.31. The summed E-state index contributed by atoms with van der Waals surface area (Å²) in [6.45, 7) is 1.19. The topological polar surface area (TPSA) is 94.1 Å². The lowest BCUT2D eigenvalue weighted by atomic mass is 9.88. The van der Waals surface area contributed by atoms with Crippen LogP contribution in [0.25, 0.3) is 0 Å². The number of benzene rings is 1. The molecule has 3 N–H and O–H groups in total. The van der Waals surface area contributed by atoms with Crippen molar-refractivity contribution in [2.24, 2.45) is 0 Å². The third-order valence-corrected chi connectivity index (χ3v) is 5.52. The maximum absolute atomic E-state index is 14.5. The van der Waals surface area contributed by atoms with Crippen molar-refractivity contribution in [3.05, 3.63) is 23.5 Å². The Balaban J connectivity index is 1.76. The first-order valence-electron chi connectivity index (χ1n) is 8.05. The van der Waals surface area contributed by atoms with E-state index in [1.807, 2.05) is 7.05 Å². The number of fused-ring (bicyclic) bond motifs is 3. The largest absolute Gasteiger partial charge is 0.494 e. The normalized spacial score (nSPS) is 30.3. The van der Waals surface area contributed by atoms with E-state index < -0.39 is 23.2 Å². The van der Waals surface area contributed by atoms with Crippen molar-refractivity contribution in [2.45, 2.75) is 24.0 Å². The van der Waals surface area contributed by atoms with Crippen molar-refractivity contribution in [1.29, 1.82) is 0 Å². The second-order valence-electron chi connectivity index (χ2n) is 6.75. The van der Waals surface area contributed by atoms with Crippen molar-refractivity contribution in [2.75, 3.05) is 32.7 Å². The highest BCUT2D eigenvalue weighted by molar-refractivity contribution is 6.10. The van der Waals surface area contributed by atoms with Gasteiger partial charge in [0.25, 0.3) is 5.91 Å². The smallest absolute Gasteiger partial charge is 0.340 e. The molecule has 25 heavy (non-hydrogen) atoms. The van der Waals surface area contributed by atoms with Gasteiger partial charge < -0.3 is 20.2 Å². The van der Waals surface area contributed by atoms with Crippen LogP contribution < -0.4 is 15.6 Å². The van der Waals surface area contributed by atoms with Crippen molar-refractivity contribution in [3.63, 3.8) is 0 Å². The van der Waals surface area contributed by atoms with Crippen LogP contribution in [0.5, 0.6) is 5.75 Å². The molecule has 1 aromatic carbocycles. The summed E-state index contributed by atoms with van der Waals surface area (Å²) < 4.78 is 19.4. The first-order valence-corrected chi connectivity index (χ1v) is 8.05. The predicted octanol–water partition coefficient (Wildman–Crippen LogP) is -0.0408. The minimum atomic E-state index is -2.05. The lowest BCUT2D eigenvalue weighted by molar-refractivity contribution is -0.156. The number of carbonyl (C=O) groups is 2. The van der Waals surface area contributed by atoms with Crippen molar-refractivity contribution in [3.8, 4) is 5.75 Å². The average molecular weight is 350 g/mol. The Morgan fingerprint density at radius 1 is 1.36 bits per heavy atom. The molecule has 0 aromatic heterocycles. The lowest BCUT2D eigenvalue weighted by Crippen LogP contribution is -2.61. The standard InChI is InChI=1S/C16H19FN4O4/c1-20-6-9-5-8(20)7-21(9)14(22)16(15(23)24)10-3-4-11(25-2)12(17)13(10)18-19-16/h3-4,8-9,18-19H,5-7H2,1-2H3,(H,23,24)/t8-,9-,16?/m0/s1. The molecular weight excluding hydrogens is 331 g/mol. The van der Waals surface area contributed by atoms with Gasteiger partial charge in [-0.1, -0.05) is 0 Å². The summed E-state index contributed by atoms with van der Waals surface area (Å²) in [5.41, 5.74) is 2.99. The van der Waals surface area contributed by atoms with Crippen LogP contribution in [-0.2, 0) is 15.1 Å². The molecule has 9 heteroatoms. The predicted molar refractivity (Wildman–Crippen MR) is 85.6 cm³/mol. The molecule has 2 fully saturated rings. The molecule has 2 saturated heterocycles. The number of piperazine rings is 1. The van der Waals surface area contributed by atoms with E-state index in [0.717, 1.165) is 6.42 Å². The molecule has 1 aromatic rings. The van der Waals surface area contributed by atoms with Gasteiger partial charge in [0, 0.05) is 30.7 Å². The second-order valence-corrected chi connectivity index (χ2v) is 6.75. The van der Waals surface area contributed by atoms with Gasteiger partial charge in [-0.15, -0.1) is 0 Å². The molecule has 1 amide bonds. The number of hydrogen-bond acceptors (Lipinski definition) is 6. The van der Waals surface area contributed by atoms with Crippen LogP contribution in [0.3, 0.4) is 0 Å². The SMILES string of the molecule is COc1ccc2c(c1F)NNC2(C(=O)O)C(=O)N1C[C@@H]2C[C@H]1CN2C. The maximum Gasteiger partial charge on any atom is 0.340 e. The average Bonchev–Trinajstić information content (AvgIpc) is 3.26. The van der Waals surface area contributed by atoms with Crippen LogP contribution in [0.1, 0.15) is 12.0 Å². The zero-order chi connectivity index (χ0) is 17.9. The summed E-state index contributed by atoms with van der Waals surface area (Å²) >= 11 is 0. The lowest BCUT2D eigenvalue weighted by Gasteiger charge is -2.36. The zero-order valence-corrected chi connectivity index (χ0v) is 13.9. The van der Waals surface area contributed by atoms with Gasteiger partial charge in [0.15, 0.2) is 11.6 Å². The molecule has 1 unspecified atom stereocenters. The number of likely N-dealkylation sites (N-methyl/N-ethyl adjacent to an activating group) is 1. The molecule has 3 aliphatic heterocycles. The van der Waals surface area contributed by atoms with Gasteiger partial charge in [0.2, 0.25) is 5.54 Å². The summed E-state index contributed by atoms with van der Waals surface area (Å²) in [5, 5.41) is 9.87. The van der Waals surface area contributed by atoms with E-state index in [9.17, 15) is 19.1 Å². The number of amides is 1. The highest BCUT2D eigenvalue weighted by Crippen LogP contribution is 2.42. The first-order chi connectivity index (χ1) is 11.9. The number of hydrogen-bond donors (Lipinski definition) is 3. The molecule has 0 aliphatic carbocycles. The number of carboxylic acids is 1. The fraction of sp³-hybridized carbons (Fsp3) is 0.500. The molecule has 0 radical (unpaired) electrons. The fourth-order valence-electron chi connectivity index (χ4n) is 4.13. The quantitative estimate of drug-likeness (QED) is 0.659. The number of halogens is 1. The number of methoxy groups -OCH3 is 1. The van der Waals surface area contributed by atoms with Crippen LogP contribution in [0, 0.1) is 5.82 Å². The number of hydrazine groups is 1. The highest BCUT2D eigenvalue weighted by Gasteiger charge is 2.58. The highest BCUT2D eigenvalue weighted by atomic mass is 19.1. The Labute approximate surface area is 143 Å². The Bertz CT molecular complexity index is 771. The molecule has 2 bridgehead atoms. The van der Waals surface area contributed by atoms with Crippen molar-refractivity contribution in [1.82, 2.24) is 15.2 Å². The number of rotatable bonds is 3. The molecule has 3 heterocycles. The number of nitrogens with zero attached hydrogens (tertiary/aromatic N) is 2.